The molecule has 0 saturated carbocycles. The van der Waals surface area contributed by atoms with Crippen molar-refractivity contribution in [3.05, 3.63) is 32.9 Å². The van der Waals surface area contributed by atoms with Crippen LogP contribution >= 0.6 is 11.3 Å². The molecule has 0 bridgehead atoms. The van der Waals surface area contributed by atoms with Gasteiger partial charge in [0, 0.05) is 24.7 Å². The van der Waals surface area contributed by atoms with E-state index in [1.54, 1.807) is 17.8 Å². The summed E-state index contributed by atoms with van der Waals surface area (Å²) in [4.78, 5) is 30.0. The summed E-state index contributed by atoms with van der Waals surface area (Å²) in [5.74, 6) is -0.248. The second kappa shape index (κ2) is 5.48. The molecule has 2 aromatic rings. The lowest BCUT2D eigenvalue weighted by Crippen LogP contribution is -2.25. The van der Waals surface area contributed by atoms with Crippen molar-refractivity contribution >= 4 is 22.4 Å². The molecule has 0 saturated heterocycles. The van der Waals surface area contributed by atoms with E-state index < -0.39 is 0 Å². The van der Waals surface area contributed by atoms with Gasteiger partial charge in [-0.1, -0.05) is 6.92 Å². The van der Waals surface area contributed by atoms with Gasteiger partial charge >= 0.3 is 5.69 Å². The van der Waals surface area contributed by atoms with Crippen LogP contribution in [0, 0.1) is 0 Å². The third-order valence-corrected chi connectivity index (χ3v) is 4.89. The molecular formula is C14H18N4O2S. The fourth-order valence-corrected chi connectivity index (χ4v) is 3.48. The molecule has 0 aromatic carbocycles. The molecule has 2 aromatic heterocycles. The first-order valence-electron chi connectivity index (χ1n) is 7.16. The summed E-state index contributed by atoms with van der Waals surface area (Å²) in [6.07, 6.45) is 5.45. The molecule has 0 radical (unpaired) electrons. The van der Waals surface area contributed by atoms with Gasteiger partial charge in [0.05, 0.1) is 5.69 Å². The number of thiazole rings is 1. The van der Waals surface area contributed by atoms with E-state index in [-0.39, 0.29) is 11.6 Å². The molecule has 0 spiro atoms. The Labute approximate surface area is 126 Å². The van der Waals surface area contributed by atoms with Crippen LogP contribution in [0.1, 0.15) is 40.8 Å². The predicted molar refractivity (Wildman–Crippen MR) is 82.1 cm³/mol. The molecule has 1 N–H and O–H groups in total. The van der Waals surface area contributed by atoms with Crippen LogP contribution in [0.15, 0.2) is 11.0 Å². The van der Waals surface area contributed by atoms with Crippen molar-refractivity contribution < 1.29 is 4.79 Å². The van der Waals surface area contributed by atoms with E-state index in [0.717, 1.165) is 36.3 Å². The minimum Gasteiger partial charge on any atom is -0.296 e. The molecule has 0 unspecified atom stereocenters. The fourth-order valence-electron chi connectivity index (χ4n) is 2.73. The number of carbonyl (C=O) groups is 1. The highest BCUT2D eigenvalue weighted by atomic mass is 32.1. The summed E-state index contributed by atoms with van der Waals surface area (Å²) in [6.45, 7) is 2.75. The molecule has 0 atom stereocenters. The van der Waals surface area contributed by atoms with E-state index in [1.807, 2.05) is 6.92 Å². The summed E-state index contributed by atoms with van der Waals surface area (Å²) in [6, 6.07) is 0. The second-order valence-corrected chi connectivity index (χ2v) is 6.30. The molecule has 3 rings (SSSR count). The number of imidazole rings is 1. The van der Waals surface area contributed by atoms with E-state index in [0.29, 0.717) is 17.4 Å². The zero-order valence-corrected chi connectivity index (χ0v) is 13.0. The Balaban J connectivity index is 1.93. The van der Waals surface area contributed by atoms with Gasteiger partial charge in [-0.25, -0.2) is 9.78 Å². The van der Waals surface area contributed by atoms with Crippen molar-refractivity contribution in [1.29, 1.82) is 0 Å². The number of fused-ring (bicyclic) bond motifs is 1. The highest BCUT2D eigenvalue weighted by Crippen LogP contribution is 2.21. The molecular weight excluding hydrogens is 288 g/mol. The first kappa shape index (κ1) is 14.1. The summed E-state index contributed by atoms with van der Waals surface area (Å²) in [5.41, 5.74) is 1.20. The molecule has 3 heterocycles. The third kappa shape index (κ3) is 2.42. The second-order valence-electron chi connectivity index (χ2n) is 5.19. The Morgan fingerprint density at radius 2 is 2.29 bits per heavy atom. The topological polar surface area (TPSA) is 68.9 Å². The highest BCUT2D eigenvalue weighted by molar-refractivity contribution is 7.15. The van der Waals surface area contributed by atoms with Crippen LogP contribution in [-0.4, -0.2) is 20.0 Å². The first-order valence-corrected chi connectivity index (χ1v) is 7.98. The average molecular weight is 306 g/mol. The number of hydrogen-bond acceptors (Lipinski definition) is 4. The predicted octanol–water partition coefficient (Wildman–Crippen LogP) is 1.79. The maximum Gasteiger partial charge on any atom is 0.328 e. The van der Waals surface area contributed by atoms with E-state index in [2.05, 4.69) is 10.3 Å². The van der Waals surface area contributed by atoms with Crippen LogP contribution in [-0.2, 0) is 26.4 Å². The molecule has 6 nitrogen and oxygen atoms in total. The van der Waals surface area contributed by atoms with Crippen molar-refractivity contribution in [2.24, 2.45) is 7.05 Å². The number of aromatic nitrogens is 3. The van der Waals surface area contributed by atoms with Gasteiger partial charge in [0.1, 0.15) is 5.69 Å². The van der Waals surface area contributed by atoms with Crippen LogP contribution < -0.4 is 11.0 Å². The lowest BCUT2D eigenvalue weighted by atomic mass is 10.1. The lowest BCUT2D eigenvalue weighted by Gasteiger charge is -2.14. The molecule has 1 aliphatic heterocycles. The summed E-state index contributed by atoms with van der Waals surface area (Å²) in [5, 5.41) is 3.40. The average Bonchev–Trinajstić information content (AvgIpc) is 3.03. The smallest absolute Gasteiger partial charge is 0.296 e. The molecule has 7 heteroatoms. The van der Waals surface area contributed by atoms with Crippen LogP contribution in [0.4, 0.5) is 5.13 Å². The standard InChI is InChI=1S/C14H18N4O2S/c1-3-9-8-15-13(21-9)16-12(19)11-10-6-4-5-7-18(10)14(20)17(11)2/h8H,3-7H2,1-2H3,(H,15,16,19). The molecule has 0 fully saturated rings. The van der Waals surface area contributed by atoms with Crippen LogP contribution in [0.5, 0.6) is 0 Å². The summed E-state index contributed by atoms with van der Waals surface area (Å²) in [7, 11) is 1.65. The Bertz CT molecular complexity index is 741. The van der Waals surface area contributed by atoms with Gasteiger partial charge < -0.3 is 0 Å². The Kier molecular flexibility index (Phi) is 3.67. The molecule has 21 heavy (non-hydrogen) atoms. The van der Waals surface area contributed by atoms with Gasteiger partial charge in [-0.15, -0.1) is 11.3 Å². The number of nitrogens with one attached hydrogen (secondary N) is 1. The zero-order valence-electron chi connectivity index (χ0n) is 12.2. The van der Waals surface area contributed by atoms with Gasteiger partial charge in [-0.3, -0.25) is 19.2 Å². The number of aryl methyl sites for hydroxylation is 1. The van der Waals surface area contributed by atoms with Gasteiger partial charge in [-0.05, 0) is 25.7 Å². The van der Waals surface area contributed by atoms with E-state index in [9.17, 15) is 9.59 Å². The van der Waals surface area contributed by atoms with Crippen molar-refractivity contribution in [3.63, 3.8) is 0 Å². The minimum absolute atomic E-state index is 0.108. The number of anilines is 1. The van der Waals surface area contributed by atoms with E-state index >= 15 is 0 Å². The SMILES string of the molecule is CCc1cnc(NC(=O)c2c3n(c(=O)n2C)CCCC3)s1. The Morgan fingerprint density at radius 3 is 3.00 bits per heavy atom. The maximum absolute atomic E-state index is 12.5. The summed E-state index contributed by atoms with van der Waals surface area (Å²) >= 11 is 1.47. The van der Waals surface area contributed by atoms with Gasteiger partial charge in [-0.2, -0.15) is 0 Å². The maximum atomic E-state index is 12.5. The van der Waals surface area contributed by atoms with Crippen molar-refractivity contribution in [2.45, 2.75) is 39.2 Å². The molecule has 112 valence electrons. The fraction of sp³-hybridized carbons (Fsp3) is 0.500. The van der Waals surface area contributed by atoms with Crippen LogP contribution in [0.3, 0.4) is 0 Å². The number of nitrogens with zero attached hydrogens (tertiary/aromatic N) is 3. The van der Waals surface area contributed by atoms with Crippen molar-refractivity contribution in [3.8, 4) is 0 Å². The normalized spacial score (nSPS) is 14.0. The van der Waals surface area contributed by atoms with Crippen LogP contribution in [0.25, 0.3) is 0 Å². The number of rotatable bonds is 3. The minimum atomic E-state index is -0.248. The summed E-state index contributed by atoms with van der Waals surface area (Å²) < 4.78 is 3.17. The van der Waals surface area contributed by atoms with Crippen LogP contribution in [0.2, 0.25) is 0 Å². The Hall–Kier alpha value is -1.89. The van der Waals surface area contributed by atoms with Gasteiger partial charge in [0.25, 0.3) is 5.91 Å². The van der Waals surface area contributed by atoms with E-state index in [4.69, 9.17) is 0 Å². The highest BCUT2D eigenvalue weighted by Gasteiger charge is 2.25. The molecule has 1 amide bonds. The monoisotopic (exact) mass is 306 g/mol. The largest absolute Gasteiger partial charge is 0.328 e. The lowest BCUT2D eigenvalue weighted by molar-refractivity contribution is 0.101. The van der Waals surface area contributed by atoms with Gasteiger partial charge in [0.2, 0.25) is 0 Å². The first-order chi connectivity index (χ1) is 10.1. The quantitative estimate of drug-likeness (QED) is 0.940. The van der Waals surface area contributed by atoms with Gasteiger partial charge in [0.15, 0.2) is 5.13 Å². The molecule has 0 aliphatic carbocycles. The Morgan fingerprint density at radius 1 is 1.48 bits per heavy atom. The molecule has 1 aliphatic rings. The number of amides is 1. The number of hydrogen-bond donors (Lipinski definition) is 1. The third-order valence-electron chi connectivity index (χ3n) is 3.84. The number of carbonyl (C=O) groups excluding carboxylic acids is 1. The van der Waals surface area contributed by atoms with Crippen molar-refractivity contribution in [1.82, 2.24) is 14.1 Å². The zero-order chi connectivity index (χ0) is 15.0. The van der Waals surface area contributed by atoms with E-state index in [1.165, 1.54) is 15.9 Å². The van der Waals surface area contributed by atoms with Crippen molar-refractivity contribution in [2.75, 3.05) is 5.32 Å².